The number of hydrogen-bond donors (Lipinski definition) is 1. The number of amides is 1. The van der Waals surface area contributed by atoms with Crippen LogP contribution in [0, 0.1) is 22.9 Å². The molecule has 0 saturated heterocycles. The van der Waals surface area contributed by atoms with Gasteiger partial charge in [0.05, 0.1) is 23.1 Å². The maximum absolute atomic E-state index is 14.3. The van der Waals surface area contributed by atoms with E-state index in [0.29, 0.717) is 18.7 Å². The fourth-order valence-corrected chi connectivity index (χ4v) is 2.41. The first-order valence-corrected chi connectivity index (χ1v) is 8.55. The van der Waals surface area contributed by atoms with Gasteiger partial charge in [0.15, 0.2) is 17.3 Å². The van der Waals surface area contributed by atoms with Crippen LogP contribution in [0.25, 0.3) is 0 Å². The van der Waals surface area contributed by atoms with Crippen LogP contribution in [0.15, 0.2) is 18.2 Å². The van der Waals surface area contributed by atoms with E-state index in [9.17, 15) is 19.3 Å². The lowest BCUT2D eigenvalue weighted by atomic mass is 10.1. The van der Waals surface area contributed by atoms with E-state index in [-0.39, 0.29) is 23.0 Å². The fourth-order valence-electron chi connectivity index (χ4n) is 2.41. The number of aromatic nitrogens is 2. The van der Waals surface area contributed by atoms with Gasteiger partial charge in [-0.15, -0.1) is 0 Å². The monoisotopic (exact) mass is 394 g/mol. The molecule has 0 bridgehead atoms. The van der Waals surface area contributed by atoms with E-state index >= 15 is 0 Å². The number of carbonyl (C=O) groups is 1. The SMILES string of the molecule is COCCNC(=O)c1nn(C(C)(C)C)c(Oc2ccc([N+](=O)[O-])cc2F)c1C. The molecular formula is C18H23FN4O5. The minimum Gasteiger partial charge on any atom is -0.436 e. The first kappa shape index (κ1) is 21.3. The van der Waals surface area contributed by atoms with Crippen molar-refractivity contribution in [3.8, 4) is 11.6 Å². The summed E-state index contributed by atoms with van der Waals surface area (Å²) in [6, 6.07) is 3.09. The Morgan fingerprint density at radius 1 is 1.39 bits per heavy atom. The number of hydrogen-bond acceptors (Lipinski definition) is 6. The molecule has 1 N–H and O–H groups in total. The van der Waals surface area contributed by atoms with Gasteiger partial charge in [0.2, 0.25) is 5.88 Å². The van der Waals surface area contributed by atoms with Gasteiger partial charge < -0.3 is 14.8 Å². The van der Waals surface area contributed by atoms with Crippen molar-refractivity contribution in [2.45, 2.75) is 33.2 Å². The van der Waals surface area contributed by atoms with Crippen molar-refractivity contribution in [2.75, 3.05) is 20.3 Å². The van der Waals surface area contributed by atoms with Crippen LogP contribution < -0.4 is 10.1 Å². The van der Waals surface area contributed by atoms with Crippen molar-refractivity contribution < 1.29 is 23.6 Å². The Balaban J connectivity index is 2.42. The molecule has 1 aromatic heterocycles. The lowest BCUT2D eigenvalue weighted by molar-refractivity contribution is -0.385. The van der Waals surface area contributed by atoms with Gasteiger partial charge in [-0.1, -0.05) is 0 Å². The van der Waals surface area contributed by atoms with Crippen molar-refractivity contribution in [1.82, 2.24) is 15.1 Å². The molecule has 9 nitrogen and oxygen atoms in total. The highest BCUT2D eigenvalue weighted by Crippen LogP contribution is 2.34. The summed E-state index contributed by atoms with van der Waals surface area (Å²) >= 11 is 0. The smallest absolute Gasteiger partial charge is 0.272 e. The van der Waals surface area contributed by atoms with Gasteiger partial charge >= 0.3 is 0 Å². The number of non-ortho nitro benzene ring substituents is 1. The molecule has 0 spiro atoms. The zero-order valence-corrected chi connectivity index (χ0v) is 16.4. The van der Waals surface area contributed by atoms with Crippen molar-refractivity contribution in [3.05, 3.63) is 45.4 Å². The molecule has 152 valence electrons. The molecule has 10 heteroatoms. The number of methoxy groups -OCH3 is 1. The largest absolute Gasteiger partial charge is 0.436 e. The second-order valence-electron chi connectivity index (χ2n) is 7.08. The zero-order chi connectivity index (χ0) is 21.1. The van der Waals surface area contributed by atoms with Crippen LogP contribution in [-0.2, 0) is 10.3 Å². The first-order valence-electron chi connectivity index (χ1n) is 8.55. The molecule has 28 heavy (non-hydrogen) atoms. The molecule has 0 fully saturated rings. The Hall–Kier alpha value is -3.01. The Kier molecular flexibility index (Phi) is 6.34. The van der Waals surface area contributed by atoms with E-state index in [4.69, 9.17) is 9.47 Å². The first-order chi connectivity index (χ1) is 13.1. The minimum atomic E-state index is -0.888. The second kappa shape index (κ2) is 8.34. The number of ether oxygens (including phenoxy) is 2. The third kappa shape index (κ3) is 4.63. The summed E-state index contributed by atoms with van der Waals surface area (Å²) in [6.07, 6.45) is 0. The van der Waals surface area contributed by atoms with Crippen LogP contribution in [0.4, 0.5) is 10.1 Å². The number of nitrogens with zero attached hydrogens (tertiary/aromatic N) is 3. The maximum Gasteiger partial charge on any atom is 0.272 e. The van der Waals surface area contributed by atoms with E-state index < -0.39 is 22.2 Å². The van der Waals surface area contributed by atoms with Crippen molar-refractivity contribution in [3.63, 3.8) is 0 Å². The van der Waals surface area contributed by atoms with Crippen LogP contribution in [0.1, 0.15) is 36.8 Å². The van der Waals surface area contributed by atoms with Gasteiger partial charge in [-0.2, -0.15) is 5.10 Å². The predicted molar refractivity (Wildman–Crippen MR) is 99.3 cm³/mol. The summed E-state index contributed by atoms with van der Waals surface area (Å²) in [6.45, 7) is 7.85. The Morgan fingerprint density at radius 2 is 2.07 bits per heavy atom. The number of nitro benzene ring substituents is 1. The summed E-state index contributed by atoms with van der Waals surface area (Å²) in [4.78, 5) is 22.5. The summed E-state index contributed by atoms with van der Waals surface area (Å²) in [5, 5.41) is 17.8. The molecule has 0 radical (unpaired) electrons. The highest BCUT2D eigenvalue weighted by atomic mass is 19.1. The minimum absolute atomic E-state index is 0.142. The quantitative estimate of drug-likeness (QED) is 0.439. The average molecular weight is 394 g/mol. The molecular weight excluding hydrogens is 371 g/mol. The van der Waals surface area contributed by atoms with Crippen molar-refractivity contribution in [1.29, 1.82) is 0 Å². The number of nitrogens with one attached hydrogen (secondary N) is 1. The van der Waals surface area contributed by atoms with E-state index in [0.717, 1.165) is 12.1 Å². The van der Waals surface area contributed by atoms with E-state index in [1.807, 2.05) is 20.8 Å². The maximum atomic E-state index is 14.3. The van der Waals surface area contributed by atoms with Gasteiger partial charge in [-0.05, 0) is 33.8 Å². The predicted octanol–water partition coefficient (Wildman–Crippen LogP) is 3.16. The van der Waals surface area contributed by atoms with Gasteiger partial charge in [0.1, 0.15) is 0 Å². The highest BCUT2D eigenvalue weighted by Gasteiger charge is 2.28. The number of benzene rings is 1. The topological polar surface area (TPSA) is 109 Å². The van der Waals surface area contributed by atoms with Gasteiger partial charge in [-0.25, -0.2) is 9.07 Å². The normalized spacial score (nSPS) is 11.4. The van der Waals surface area contributed by atoms with E-state index in [1.165, 1.54) is 17.9 Å². The van der Waals surface area contributed by atoms with Gasteiger partial charge in [-0.3, -0.25) is 14.9 Å². The summed E-state index contributed by atoms with van der Waals surface area (Å²) in [5.74, 6) is -1.32. The summed E-state index contributed by atoms with van der Waals surface area (Å²) in [5.41, 5.74) is -0.391. The number of rotatable bonds is 7. The third-order valence-electron chi connectivity index (χ3n) is 3.84. The summed E-state index contributed by atoms with van der Waals surface area (Å²) in [7, 11) is 1.52. The third-order valence-corrected chi connectivity index (χ3v) is 3.84. The van der Waals surface area contributed by atoms with Gasteiger partial charge in [0, 0.05) is 25.3 Å². The Morgan fingerprint density at radius 3 is 2.61 bits per heavy atom. The van der Waals surface area contributed by atoms with Gasteiger partial charge in [0.25, 0.3) is 11.6 Å². The number of halogens is 1. The molecule has 1 aromatic carbocycles. The van der Waals surface area contributed by atoms with Crippen molar-refractivity contribution in [2.24, 2.45) is 0 Å². The average Bonchev–Trinajstić information content (AvgIpc) is 2.93. The van der Waals surface area contributed by atoms with Crippen LogP contribution >= 0.6 is 0 Å². The fraction of sp³-hybridized carbons (Fsp3) is 0.444. The molecule has 1 amide bonds. The molecule has 0 aliphatic carbocycles. The number of carbonyl (C=O) groups excluding carboxylic acids is 1. The molecule has 0 unspecified atom stereocenters. The van der Waals surface area contributed by atoms with E-state index in [1.54, 1.807) is 6.92 Å². The number of nitro groups is 1. The molecule has 2 rings (SSSR count). The van der Waals surface area contributed by atoms with Crippen LogP contribution in [0.2, 0.25) is 0 Å². The summed E-state index contributed by atoms with van der Waals surface area (Å²) < 4.78 is 26.3. The lowest BCUT2D eigenvalue weighted by Gasteiger charge is -2.22. The zero-order valence-electron chi connectivity index (χ0n) is 16.4. The lowest BCUT2D eigenvalue weighted by Crippen LogP contribution is -2.29. The molecule has 0 aliphatic rings. The highest BCUT2D eigenvalue weighted by molar-refractivity contribution is 5.94. The molecule has 2 aromatic rings. The van der Waals surface area contributed by atoms with Crippen LogP contribution in [0.5, 0.6) is 11.6 Å². The second-order valence-corrected chi connectivity index (χ2v) is 7.08. The molecule has 1 heterocycles. The van der Waals surface area contributed by atoms with E-state index in [2.05, 4.69) is 10.4 Å². The molecule has 0 atom stereocenters. The van der Waals surface area contributed by atoms with Crippen LogP contribution in [0.3, 0.4) is 0 Å². The van der Waals surface area contributed by atoms with Crippen LogP contribution in [-0.4, -0.2) is 40.9 Å². The Labute approximate surface area is 161 Å². The molecule has 0 aliphatic heterocycles. The standard InChI is InChI=1S/C18H23FN4O5/c1-11-15(16(24)20-8-9-27-5)21-22(18(2,3)4)17(11)28-14-7-6-12(23(25)26)10-13(14)19/h6-7,10H,8-9H2,1-5H3,(H,20,24). The van der Waals surface area contributed by atoms with Crippen molar-refractivity contribution >= 4 is 11.6 Å². The molecule has 0 saturated carbocycles. The Bertz CT molecular complexity index is 889.